The van der Waals surface area contributed by atoms with Gasteiger partial charge in [0.1, 0.15) is 4.90 Å². The summed E-state index contributed by atoms with van der Waals surface area (Å²) in [6.07, 6.45) is 0.773. The quantitative estimate of drug-likeness (QED) is 0.599. The summed E-state index contributed by atoms with van der Waals surface area (Å²) >= 11 is 6.02. The van der Waals surface area contributed by atoms with Crippen molar-refractivity contribution in [2.24, 2.45) is 0 Å². The number of halogens is 1. The first-order chi connectivity index (χ1) is 12.7. The van der Waals surface area contributed by atoms with Gasteiger partial charge in [0, 0.05) is 6.04 Å². The zero-order chi connectivity index (χ0) is 20.0. The van der Waals surface area contributed by atoms with Gasteiger partial charge in [-0.15, -0.1) is 0 Å². The minimum absolute atomic E-state index is 0.0105. The average Bonchev–Trinajstić information content (AvgIpc) is 2.62. The minimum Gasteiger partial charge on any atom is -0.335 e. The van der Waals surface area contributed by atoms with Crippen molar-refractivity contribution in [1.82, 2.24) is 14.9 Å². The van der Waals surface area contributed by atoms with E-state index >= 15 is 0 Å². The maximum atomic E-state index is 12.7. The highest BCUT2D eigenvalue weighted by Crippen LogP contribution is 2.23. The van der Waals surface area contributed by atoms with E-state index in [4.69, 9.17) is 11.6 Å². The second kappa shape index (κ2) is 9.50. The highest BCUT2D eigenvalue weighted by atomic mass is 35.5. The fourth-order valence-corrected chi connectivity index (χ4v) is 4.71. The van der Waals surface area contributed by atoms with Crippen LogP contribution in [0.25, 0.3) is 0 Å². The Morgan fingerprint density at radius 2 is 1.89 bits per heavy atom. The van der Waals surface area contributed by atoms with Crippen LogP contribution in [0.4, 0.5) is 4.79 Å². The van der Waals surface area contributed by atoms with E-state index in [0.29, 0.717) is 13.1 Å². The number of carbonyl (C=O) groups excluding carboxylic acids is 2. The highest BCUT2D eigenvalue weighted by Gasteiger charge is 2.32. The van der Waals surface area contributed by atoms with E-state index in [9.17, 15) is 18.0 Å². The molecule has 10 heteroatoms. The van der Waals surface area contributed by atoms with Gasteiger partial charge in [0.05, 0.1) is 31.2 Å². The Kier molecular flexibility index (Phi) is 7.60. The lowest BCUT2D eigenvalue weighted by atomic mass is 10.3. The summed E-state index contributed by atoms with van der Waals surface area (Å²) in [5.74, 6) is -0.381. The lowest BCUT2D eigenvalue weighted by Gasteiger charge is -2.31. The summed E-state index contributed by atoms with van der Waals surface area (Å²) in [5.41, 5.74) is 0. The Morgan fingerprint density at radius 1 is 1.26 bits per heavy atom. The van der Waals surface area contributed by atoms with Gasteiger partial charge in [-0.05, 0) is 25.5 Å². The molecule has 2 rings (SSSR count). The Balaban J connectivity index is 1.86. The van der Waals surface area contributed by atoms with Crippen molar-refractivity contribution in [3.63, 3.8) is 0 Å². The number of piperazine rings is 1. The molecule has 0 unspecified atom stereocenters. The molecule has 1 heterocycles. The van der Waals surface area contributed by atoms with E-state index in [1.165, 1.54) is 10.4 Å². The second-order valence-electron chi connectivity index (χ2n) is 6.59. The summed E-state index contributed by atoms with van der Waals surface area (Å²) in [7, 11) is -3.66. The Bertz CT molecular complexity index is 779. The van der Waals surface area contributed by atoms with Crippen molar-refractivity contribution in [1.29, 1.82) is 0 Å². The number of imide groups is 1. The number of nitrogens with zero attached hydrogens (tertiary/aromatic N) is 1. The molecule has 150 valence electrons. The van der Waals surface area contributed by atoms with Gasteiger partial charge in [-0.3, -0.25) is 10.1 Å². The van der Waals surface area contributed by atoms with Crippen molar-refractivity contribution >= 4 is 33.6 Å². The molecule has 8 nitrogen and oxygen atoms in total. The normalized spacial score (nSPS) is 17.3. The van der Waals surface area contributed by atoms with Gasteiger partial charge in [0.25, 0.3) is 5.91 Å². The number of hydrogen-bond donors (Lipinski definition) is 3. The van der Waals surface area contributed by atoms with Crippen LogP contribution >= 0.6 is 11.6 Å². The van der Waals surface area contributed by atoms with Crippen molar-refractivity contribution in [2.45, 2.75) is 31.2 Å². The lowest BCUT2D eigenvalue weighted by Crippen LogP contribution is -3.15. The molecule has 1 fully saturated rings. The first kappa shape index (κ1) is 21.6. The SMILES string of the molecule is CC[C@H](C)NC(=O)NC(=O)C[NH+]1CCN(S(=O)(=O)c2ccccc2Cl)CC1. The summed E-state index contributed by atoms with van der Waals surface area (Å²) in [6, 6.07) is 5.83. The molecule has 1 atom stereocenters. The van der Waals surface area contributed by atoms with E-state index in [1.54, 1.807) is 18.2 Å². The third-order valence-corrected chi connectivity index (χ3v) is 6.94. The van der Waals surface area contributed by atoms with Gasteiger partial charge < -0.3 is 10.2 Å². The van der Waals surface area contributed by atoms with E-state index in [2.05, 4.69) is 10.6 Å². The number of urea groups is 1. The van der Waals surface area contributed by atoms with Crippen LogP contribution < -0.4 is 15.5 Å². The molecule has 1 saturated heterocycles. The number of hydrogen-bond acceptors (Lipinski definition) is 4. The Hall–Kier alpha value is -1.68. The van der Waals surface area contributed by atoms with Gasteiger partial charge in [0.15, 0.2) is 6.54 Å². The predicted octanol–water partition coefficient (Wildman–Crippen LogP) is -0.146. The summed E-state index contributed by atoms with van der Waals surface area (Å²) in [5, 5.41) is 5.17. The van der Waals surface area contributed by atoms with Crippen LogP contribution in [-0.4, -0.2) is 63.4 Å². The molecule has 1 aliphatic heterocycles. The molecule has 0 spiro atoms. The second-order valence-corrected chi connectivity index (χ2v) is 8.91. The fraction of sp³-hybridized carbons (Fsp3) is 0.529. The topological polar surface area (TPSA) is 100 Å². The lowest BCUT2D eigenvalue weighted by molar-refractivity contribution is -0.895. The number of sulfonamides is 1. The van der Waals surface area contributed by atoms with Crippen LogP contribution in [0.15, 0.2) is 29.2 Å². The van der Waals surface area contributed by atoms with Gasteiger partial charge in [0.2, 0.25) is 10.0 Å². The molecular formula is C17H26ClN4O4S+. The van der Waals surface area contributed by atoms with Crippen molar-refractivity contribution in [2.75, 3.05) is 32.7 Å². The van der Waals surface area contributed by atoms with E-state index in [-0.39, 0.29) is 41.5 Å². The monoisotopic (exact) mass is 417 g/mol. The number of nitrogens with one attached hydrogen (secondary N) is 3. The number of amides is 3. The third kappa shape index (κ3) is 5.90. The van der Waals surface area contributed by atoms with Crippen LogP contribution in [0.5, 0.6) is 0 Å². The van der Waals surface area contributed by atoms with Gasteiger partial charge in [-0.1, -0.05) is 30.7 Å². The Labute approximate surface area is 164 Å². The molecule has 1 aliphatic rings. The summed E-state index contributed by atoms with van der Waals surface area (Å²) < 4.78 is 26.8. The van der Waals surface area contributed by atoms with Crippen molar-refractivity contribution in [3.05, 3.63) is 29.3 Å². The minimum atomic E-state index is -3.66. The maximum Gasteiger partial charge on any atom is 0.321 e. The van der Waals surface area contributed by atoms with Gasteiger partial charge >= 0.3 is 6.03 Å². The van der Waals surface area contributed by atoms with Crippen LogP contribution in [-0.2, 0) is 14.8 Å². The van der Waals surface area contributed by atoms with Crippen molar-refractivity contribution in [3.8, 4) is 0 Å². The molecule has 3 N–H and O–H groups in total. The van der Waals surface area contributed by atoms with E-state index < -0.39 is 16.1 Å². The maximum absolute atomic E-state index is 12.7. The van der Waals surface area contributed by atoms with Crippen LogP contribution in [0, 0.1) is 0 Å². The molecule has 0 radical (unpaired) electrons. The molecule has 0 saturated carbocycles. The first-order valence-corrected chi connectivity index (χ1v) is 10.7. The average molecular weight is 418 g/mol. The molecular weight excluding hydrogens is 392 g/mol. The standard InChI is InChI=1S/C17H25ClN4O4S/c1-3-13(2)19-17(24)20-16(23)12-21-8-10-22(11-9-21)27(25,26)15-7-5-4-6-14(15)18/h4-7,13H,3,8-12H2,1-2H3,(H2,19,20,23,24)/p+1/t13-/m0/s1. The molecule has 0 aromatic heterocycles. The Morgan fingerprint density at radius 3 is 2.48 bits per heavy atom. The molecule has 0 aliphatic carbocycles. The summed E-state index contributed by atoms with van der Waals surface area (Å²) in [6.45, 7) is 5.44. The molecule has 0 bridgehead atoms. The highest BCUT2D eigenvalue weighted by molar-refractivity contribution is 7.89. The number of quaternary nitrogens is 1. The zero-order valence-corrected chi connectivity index (χ0v) is 17.1. The molecule has 3 amide bonds. The number of rotatable bonds is 6. The van der Waals surface area contributed by atoms with Gasteiger partial charge in [-0.25, -0.2) is 13.2 Å². The molecule has 1 aromatic carbocycles. The first-order valence-electron chi connectivity index (χ1n) is 8.92. The molecule has 1 aromatic rings. The zero-order valence-electron chi connectivity index (χ0n) is 15.5. The van der Waals surface area contributed by atoms with E-state index in [1.807, 2.05) is 13.8 Å². The van der Waals surface area contributed by atoms with Crippen LogP contribution in [0.1, 0.15) is 20.3 Å². The third-order valence-electron chi connectivity index (χ3n) is 4.54. The summed E-state index contributed by atoms with van der Waals surface area (Å²) in [4.78, 5) is 24.7. The predicted molar refractivity (Wildman–Crippen MR) is 102 cm³/mol. The van der Waals surface area contributed by atoms with Crippen LogP contribution in [0.2, 0.25) is 5.02 Å². The number of carbonyl (C=O) groups is 2. The van der Waals surface area contributed by atoms with E-state index in [0.717, 1.165) is 11.3 Å². The smallest absolute Gasteiger partial charge is 0.321 e. The molecule has 27 heavy (non-hydrogen) atoms. The van der Waals surface area contributed by atoms with Crippen LogP contribution in [0.3, 0.4) is 0 Å². The fourth-order valence-electron chi connectivity index (χ4n) is 2.77. The largest absolute Gasteiger partial charge is 0.335 e. The van der Waals surface area contributed by atoms with Crippen molar-refractivity contribution < 1.29 is 22.9 Å². The van der Waals surface area contributed by atoms with Gasteiger partial charge in [-0.2, -0.15) is 4.31 Å². The number of benzene rings is 1.